The van der Waals surface area contributed by atoms with Crippen molar-refractivity contribution in [1.82, 2.24) is 9.97 Å². The summed E-state index contributed by atoms with van der Waals surface area (Å²) in [4.78, 5) is 26.9. The summed E-state index contributed by atoms with van der Waals surface area (Å²) in [6.45, 7) is 17.7. The van der Waals surface area contributed by atoms with Gasteiger partial charge in [0.05, 0.1) is 58.9 Å². The van der Waals surface area contributed by atoms with Crippen LogP contribution in [0.5, 0.6) is 23.0 Å². The Hall–Kier alpha value is -8.13. The van der Waals surface area contributed by atoms with Crippen molar-refractivity contribution in [2.24, 2.45) is 0 Å². The molecule has 0 amide bonds. The number of pyridine rings is 2. The van der Waals surface area contributed by atoms with E-state index in [1.54, 1.807) is 105 Å². The number of ether oxygens (including phenoxy) is 4. The number of hydrogen-bond donors (Lipinski definition) is 0. The maximum Gasteiger partial charge on any atom is 0.267 e. The van der Waals surface area contributed by atoms with E-state index in [1.807, 2.05) is 18.2 Å². The normalized spacial score (nSPS) is 10.1. The molecule has 0 unspecified atom stereocenters. The molecule has 2 heterocycles. The van der Waals surface area contributed by atoms with Crippen LogP contribution in [0.1, 0.15) is 67.1 Å². The first-order valence-corrected chi connectivity index (χ1v) is 17.8. The van der Waals surface area contributed by atoms with Gasteiger partial charge in [-0.3, -0.25) is 14.8 Å². The number of nitriles is 2. The van der Waals surface area contributed by atoms with Gasteiger partial charge in [0.2, 0.25) is 0 Å². The zero-order chi connectivity index (χ0) is 42.1. The number of rotatable bonds is 14. The van der Waals surface area contributed by atoms with Crippen LogP contribution in [0.15, 0.2) is 109 Å². The maximum absolute atomic E-state index is 13.9. The van der Waals surface area contributed by atoms with E-state index in [4.69, 9.17) is 42.6 Å². The highest BCUT2D eigenvalue weighted by molar-refractivity contribution is 5.82. The second-order valence-corrected chi connectivity index (χ2v) is 12.6. The molecular formula is C46H34F2N6O5. The SMILES string of the molecule is [C-]#[N+]c1ccc(COc2c(C)ncc(COc3ccc(C#N)cc3)c2C(F)F)cc1.[C-]#[N+]c1ccc(COc2c(C)ncc(COc3ccc(C#N)cc3)c2C=O)cc1. The summed E-state index contributed by atoms with van der Waals surface area (Å²) in [6, 6.07) is 31.0. The third kappa shape index (κ3) is 11.5. The number of carbonyl (C=O) groups excluding carboxylic acids is 1. The van der Waals surface area contributed by atoms with Crippen LogP contribution >= 0.6 is 0 Å². The fourth-order valence-electron chi connectivity index (χ4n) is 5.47. The minimum absolute atomic E-state index is 0.0279. The van der Waals surface area contributed by atoms with Gasteiger partial charge >= 0.3 is 0 Å². The Labute approximate surface area is 339 Å². The summed E-state index contributed by atoms with van der Waals surface area (Å²) in [7, 11) is 0. The van der Waals surface area contributed by atoms with Crippen molar-refractivity contribution in [2.45, 2.75) is 46.7 Å². The molecule has 6 rings (SSSR count). The fraction of sp³-hybridized carbons (Fsp3) is 0.152. The number of aromatic nitrogens is 2. The Balaban J connectivity index is 0.000000224. The van der Waals surface area contributed by atoms with Crippen LogP contribution in [-0.4, -0.2) is 16.3 Å². The molecule has 13 heteroatoms. The molecule has 0 N–H and O–H groups in total. The van der Waals surface area contributed by atoms with Gasteiger partial charge in [-0.2, -0.15) is 10.5 Å². The molecule has 0 aliphatic carbocycles. The van der Waals surface area contributed by atoms with Gasteiger partial charge in [0.25, 0.3) is 6.43 Å². The van der Waals surface area contributed by atoms with Crippen molar-refractivity contribution in [2.75, 3.05) is 0 Å². The van der Waals surface area contributed by atoms with E-state index in [0.717, 1.165) is 17.4 Å². The minimum Gasteiger partial charge on any atom is -0.489 e. The Morgan fingerprint density at radius 3 is 1.47 bits per heavy atom. The Morgan fingerprint density at radius 2 is 1.05 bits per heavy atom. The van der Waals surface area contributed by atoms with Gasteiger partial charge in [-0.05, 0) is 73.5 Å². The maximum atomic E-state index is 13.9. The molecule has 0 saturated carbocycles. The molecule has 0 saturated heterocycles. The highest BCUT2D eigenvalue weighted by atomic mass is 19.3. The van der Waals surface area contributed by atoms with E-state index >= 15 is 0 Å². The van der Waals surface area contributed by atoms with Gasteiger partial charge in [0.1, 0.15) is 43.7 Å². The third-order valence-electron chi connectivity index (χ3n) is 8.66. The number of aryl methyl sites for hydroxylation is 2. The Bertz CT molecular complexity index is 2560. The number of benzene rings is 4. The third-order valence-corrected chi connectivity index (χ3v) is 8.66. The van der Waals surface area contributed by atoms with E-state index in [9.17, 15) is 13.6 Å². The summed E-state index contributed by atoms with van der Waals surface area (Å²) in [6.07, 6.45) is 0.924. The van der Waals surface area contributed by atoms with E-state index < -0.39 is 6.43 Å². The summed E-state index contributed by atoms with van der Waals surface area (Å²) in [5, 5.41) is 17.7. The zero-order valence-corrected chi connectivity index (χ0v) is 31.9. The second-order valence-electron chi connectivity index (χ2n) is 12.6. The van der Waals surface area contributed by atoms with Crippen LogP contribution in [0.4, 0.5) is 20.2 Å². The smallest absolute Gasteiger partial charge is 0.267 e. The summed E-state index contributed by atoms with van der Waals surface area (Å²) in [5.41, 5.74) is 5.63. The molecule has 11 nitrogen and oxygen atoms in total. The van der Waals surface area contributed by atoms with Gasteiger partial charge in [-0.25, -0.2) is 18.5 Å². The molecular weight excluding hydrogens is 755 g/mol. The molecule has 6 aromatic rings. The van der Waals surface area contributed by atoms with Crippen LogP contribution in [0.2, 0.25) is 0 Å². The van der Waals surface area contributed by atoms with Gasteiger partial charge in [0, 0.05) is 23.5 Å². The van der Waals surface area contributed by atoms with Crippen molar-refractivity contribution in [1.29, 1.82) is 10.5 Å². The van der Waals surface area contributed by atoms with Crippen molar-refractivity contribution in [3.05, 3.63) is 188 Å². The zero-order valence-electron chi connectivity index (χ0n) is 31.9. The lowest BCUT2D eigenvalue weighted by Gasteiger charge is -2.17. The minimum atomic E-state index is -2.77. The number of halogens is 2. The van der Waals surface area contributed by atoms with Gasteiger partial charge < -0.3 is 18.9 Å². The van der Waals surface area contributed by atoms with Crippen molar-refractivity contribution >= 4 is 17.7 Å². The monoisotopic (exact) mass is 788 g/mol. The number of nitrogens with zero attached hydrogens (tertiary/aromatic N) is 6. The average Bonchev–Trinajstić information content (AvgIpc) is 3.27. The topological polar surface area (TPSA) is 136 Å². The first-order valence-electron chi connectivity index (χ1n) is 17.8. The predicted octanol–water partition coefficient (Wildman–Crippen LogP) is 10.7. The molecule has 0 aliphatic heterocycles. The van der Waals surface area contributed by atoms with Crippen LogP contribution in [0, 0.1) is 49.7 Å². The quantitative estimate of drug-likeness (QED) is 0.0780. The van der Waals surface area contributed by atoms with Crippen molar-refractivity contribution < 1.29 is 32.5 Å². The number of aldehydes is 1. The van der Waals surface area contributed by atoms with E-state index in [1.165, 1.54) is 6.20 Å². The Kier molecular flexibility index (Phi) is 14.7. The largest absolute Gasteiger partial charge is 0.489 e. The lowest BCUT2D eigenvalue weighted by atomic mass is 10.1. The molecule has 0 atom stereocenters. The second kappa shape index (κ2) is 20.7. The molecule has 4 aromatic carbocycles. The highest BCUT2D eigenvalue weighted by Crippen LogP contribution is 2.35. The standard InChI is InChI=1S/C23H17F2N3O2.C23H17N3O3/c1-15-22(30-13-17-3-7-19(27-2)8-4-17)21(23(24)25)18(12-28-15)14-29-20-9-5-16(11-26)6-10-20;1-16-23(29-14-18-3-7-20(25-2)8-4-18)22(13-27)19(12-26-16)15-28-21-9-5-17(11-24)6-10-21/h3-10,12,23H,13-14H2,1H3;3-10,12-13H,14-15H2,1H3. The fourth-order valence-corrected chi connectivity index (χ4v) is 5.47. The van der Waals surface area contributed by atoms with Crippen LogP contribution < -0.4 is 18.9 Å². The van der Waals surface area contributed by atoms with Gasteiger partial charge in [0.15, 0.2) is 23.4 Å². The molecule has 0 bridgehead atoms. The van der Waals surface area contributed by atoms with Crippen LogP contribution in [0.25, 0.3) is 9.69 Å². The summed E-state index contributed by atoms with van der Waals surface area (Å²) < 4.78 is 50.7. The van der Waals surface area contributed by atoms with Crippen LogP contribution in [-0.2, 0) is 26.4 Å². The first-order chi connectivity index (χ1) is 28.7. The molecule has 0 fully saturated rings. The molecule has 0 spiro atoms. The number of hydrogen-bond acceptors (Lipinski definition) is 9. The molecule has 0 aliphatic rings. The summed E-state index contributed by atoms with van der Waals surface area (Å²) >= 11 is 0. The number of carbonyl (C=O) groups is 1. The van der Waals surface area contributed by atoms with Crippen LogP contribution in [0.3, 0.4) is 0 Å². The lowest BCUT2D eigenvalue weighted by Crippen LogP contribution is -2.08. The molecule has 0 radical (unpaired) electrons. The first kappa shape index (κ1) is 42.0. The van der Waals surface area contributed by atoms with Gasteiger partial charge in [-0.1, -0.05) is 48.5 Å². The molecule has 59 heavy (non-hydrogen) atoms. The Morgan fingerprint density at radius 1 is 0.627 bits per heavy atom. The predicted molar refractivity (Wildman–Crippen MR) is 213 cm³/mol. The van der Waals surface area contributed by atoms with E-state index in [2.05, 4.69) is 25.7 Å². The van der Waals surface area contributed by atoms with Crippen molar-refractivity contribution in [3.63, 3.8) is 0 Å². The van der Waals surface area contributed by atoms with Gasteiger partial charge in [-0.15, -0.1) is 0 Å². The molecule has 292 valence electrons. The highest BCUT2D eigenvalue weighted by Gasteiger charge is 2.23. The average molecular weight is 789 g/mol. The van der Waals surface area contributed by atoms with E-state index in [-0.39, 0.29) is 43.3 Å². The molecule has 2 aromatic heterocycles. The van der Waals surface area contributed by atoms with Crippen molar-refractivity contribution in [3.8, 4) is 35.1 Å². The lowest BCUT2D eigenvalue weighted by molar-refractivity contribution is 0.111. The number of alkyl halides is 2. The summed E-state index contributed by atoms with van der Waals surface area (Å²) in [5.74, 6) is 1.48. The van der Waals surface area contributed by atoms with E-state index in [0.29, 0.717) is 62.3 Å².